The van der Waals surface area contributed by atoms with Crippen LogP contribution in [-0.2, 0) is 0 Å². The van der Waals surface area contributed by atoms with Crippen LogP contribution in [0.4, 0.5) is 0 Å². The molecule has 5 aromatic rings. The molecule has 0 radical (unpaired) electrons. The lowest BCUT2D eigenvalue weighted by atomic mass is 10.00. The van der Waals surface area contributed by atoms with E-state index in [9.17, 15) is 4.79 Å². The number of hydrogen-bond acceptors (Lipinski definition) is 3. The van der Waals surface area contributed by atoms with E-state index in [-0.39, 0.29) is 11.5 Å². The fourth-order valence-corrected chi connectivity index (χ4v) is 3.91. The highest BCUT2D eigenvalue weighted by atomic mass is 79.9. The van der Waals surface area contributed by atoms with Gasteiger partial charge in [0.2, 0.25) is 5.78 Å². The van der Waals surface area contributed by atoms with E-state index in [1.54, 1.807) is 35.1 Å². The summed E-state index contributed by atoms with van der Waals surface area (Å²) in [6, 6.07) is 22.3. The summed E-state index contributed by atoms with van der Waals surface area (Å²) in [5, 5.41) is 5.91. The number of carbonyl (C=O) groups is 1. The molecule has 0 amide bonds. The van der Waals surface area contributed by atoms with Gasteiger partial charge in [-0.15, -0.1) is 0 Å². The Hall–Kier alpha value is -3.15. The Balaban J connectivity index is 1.69. The van der Waals surface area contributed by atoms with Gasteiger partial charge in [0.25, 0.3) is 0 Å². The van der Waals surface area contributed by atoms with E-state index >= 15 is 0 Å². The summed E-state index contributed by atoms with van der Waals surface area (Å²) < 4.78 is 8.71. The third-order valence-corrected chi connectivity index (χ3v) is 5.60. The van der Waals surface area contributed by atoms with Crippen molar-refractivity contribution in [1.29, 1.82) is 0 Å². The summed E-state index contributed by atoms with van der Waals surface area (Å²) in [5.74, 6) is 0.0690. The average molecular weight is 478 g/mol. The molecule has 0 saturated carbocycles. The van der Waals surface area contributed by atoms with Crippen LogP contribution in [0.25, 0.3) is 27.8 Å². The number of hydrogen-bond donors (Lipinski definition) is 0. The quantitative estimate of drug-likeness (QED) is 0.264. The first-order valence-corrected chi connectivity index (χ1v) is 10.4. The predicted octanol–water partition coefficient (Wildman–Crippen LogP) is 6.93. The highest BCUT2D eigenvalue weighted by molar-refractivity contribution is 9.10. The highest BCUT2D eigenvalue weighted by Crippen LogP contribution is 2.37. The molecule has 6 heteroatoms. The zero-order chi connectivity index (χ0) is 20.7. The molecule has 0 N–H and O–H groups in total. The zero-order valence-corrected chi connectivity index (χ0v) is 17.9. The number of benzene rings is 3. The maximum absolute atomic E-state index is 13.3. The van der Waals surface area contributed by atoms with Crippen molar-refractivity contribution >= 4 is 44.3 Å². The van der Waals surface area contributed by atoms with E-state index in [1.807, 2.05) is 54.7 Å². The Morgan fingerprint density at radius 1 is 1.00 bits per heavy atom. The number of fused-ring (bicyclic) bond motifs is 1. The second-order valence-corrected chi connectivity index (χ2v) is 8.14. The van der Waals surface area contributed by atoms with Gasteiger partial charge >= 0.3 is 0 Å². The molecule has 0 aliphatic carbocycles. The molecular formula is C24H14BrClN2O2. The molecule has 0 atom stereocenters. The largest absolute Gasteiger partial charge is 0.452 e. The Bertz CT molecular complexity index is 1370. The summed E-state index contributed by atoms with van der Waals surface area (Å²) in [6.07, 6.45) is 3.65. The molecule has 3 aromatic carbocycles. The standard InChI is InChI=1S/C24H14BrClN2O2/c25-17-8-11-21-20(12-17)22(16-13-27-28(14-16)19-4-2-1-3-5-19)24(30-21)23(29)15-6-9-18(26)10-7-15/h1-14H. The number of carbonyl (C=O) groups excluding carboxylic acids is 1. The van der Waals surface area contributed by atoms with Crippen LogP contribution in [0, 0.1) is 0 Å². The van der Waals surface area contributed by atoms with Gasteiger partial charge in [0.05, 0.1) is 11.9 Å². The summed E-state index contributed by atoms with van der Waals surface area (Å²) in [5.41, 5.74) is 3.59. The minimum Gasteiger partial charge on any atom is -0.452 e. The van der Waals surface area contributed by atoms with Crippen LogP contribution in [0.15, 0.2) is 94.1 Å². The average Bonchev–Trinajstić information content (AvgIpc) is 3.39. The topological polar surface area (TPSA) is 48.0 Å². The van der Waals surface area contributed by atoms with E-state index in [1.165, 1.54) is 0 Å². The van der Waals surface area contributed by atoms with Crippen LogP contribution in [0.5, 0.6) is 0 Å². The first-order chi connectivity index (χ1) is 14.6. The molecule has 146 valence electrons. The van der Waals surface area contributed by atoms with Gasteiger partial charge in [0.15, 0.2) is 5.76 Å². The van der Waals surface area contributed by atoms with Crippen molar-refractivity contribution < 1.29 is 9.21 Å². The Kier molecular flexibility index (Phi) is 4.77. The maximum Gasteiger partial charge on any atom is 0.228 e. The molecular weight excluding hydrogens is 464 g/mol. The molecule has 2 aromatic heterocycles. The van der Waals surface area contributed by atoms with E-state index in [0.717, 1.165) is 21.1 Å². The first kappa shape index (κ1) is 18.9. The van der Waals surface area contributed by atoms with Crippen molar-refractivity contribution in [3.8, 4) is 16.8 Å². The number of halogens is 2. The van der Waals surface area contributed by atoms with Crippen molar-refractivity contribution in [3.63, 3.8) is 0 Å². The summed E-state index contributed by atoms with van der Waals surface area (Å²) in [6.45, 7) is 0. The normalized spacial score (nSPS) is 11.1. The summed E-state index contributed by atoms with van der Waals surface area (Å²) in [7, 11) is 0. The molecule has 0 saturated heterocycles. The van der Waals surface area contributed by atoms with Crippen LogP contribution in [-0.4, -0.2) is 15.6 Å². The number of aromatic nitrogens is 2. The van der Waals surface area contributed by atoms with E-state index < -0.39 is 0 Å². The lowest BCUT2D eigenvalue weighted by Crippen LogP contribution is -2.01. The van der Waals surface area contributed by atoms with Crippen LogP contribution in [0.2, 0.25) is 5.02 Å². The zero-order valence-electron chi connectivity index (χ0n) is 15.5. The number of para-hydroxylation sites is 1. The third-order valence-electron chi connectivity index (χ3n) is 4.85. The van der Waals surface area contributed by atoms with Gasteiger partial charge in [-0.05, 0) is 54.6 Å². The SMILES string of the molecule is O=C(c1ccc(Cl)cc1)c1oc2ccc(Br)cc2c1-c1cnn(-c2ccccc2)c1. The number of rotatable bonds is 4. The third kappa shape index (κ3) is 3.36. The fraction of sp³-hybridized carbons (Fsp3) is 0. The van der Waals surface area contributed by atoms with Crippen LogP contribution in [0.3, 0.4) is 0 Å². The Morgan fingerprint density at radius 3 is 2.53 bits per heavy atom. The first-order valence-electron chi connectivity index (χ1n) is 9.23. The van der Waals surface area contributed by atoms with Crippen LogP contribution in [0.1, 0.15) is 16.1 Å². The molecule has 0 aliphatic heterocycles. The molecule has 0 aliphatic rings. The molecule has 0 fully saturated rings. The lowest BCUT2D eigenvalue weighted by Gasteiger charge is -2.02. The predicted molar refractivity (Wildman–Crippen MR) is 121 cm³/mol. The van der Waals surface area contributed by atoms with Gasteiger partial charge in [0, 0.05) is 37.8 Å². The monoisotopic (exact) mass is 476 g/mol. The molecule has 0 spiro atoms. The van der Waals surface area contributed by atoms with Gasteiger partial charge in [-0.25, -0.2) is 4.68 Å². The van der Waals surface area contributed by atoms with E-state index in [4.69, 9.17) is 16.0 Å². The molecule has 5 rings (SSSR count). The minimum atomic E-state index is -0.207. The van der Waals surface area contributed by atoms with Gasteiger partial charge in [-0.2, -0.15) is 5.10 Å². The minimum absolute atomic E-state index is 0.207. The van der Waals surface area contributed by atoms with Crippen molar-refractivity contribution in [2.45, 2.75) is 0 Å². The van der Waals surface area contributed by atoms with Crippen LogP contribution < -0.4 is 0 Å². The smallest absolute Gasteiger partial charge is 0.228 e. The number of ketones is 1. The molecule has 4 nitrogen and oxygen atoms in total. The Morgan fingerprint density at radius 2 is 1.77 bits per heavy atom. The maximum atomic E-state index is 13.3. The van der Waals surface area contributed by atoms with Gasteiger partial charge in [-0.1, -0.05) is 45.7 Å². The number of nitrogens with zero attached hydrogens (tertiary/aromatic N) is 2. The molecule has 0 unspecified atom stereocenters. The summed E-state index contributed by atoms with van der Waals surface area (Å²) in [4.78, 5) is 13.3. The lowest BCUT2D eigenvalue weighted by molar-refractivity contribution is 0.101. The molecule has 2 heterocycles. The molecule has 0 bridgehead atoms. The van der Waals surface area contributed by atoms with Crippen molar-refractivity contribution in [3.05, 3.63) is 106 Å². The fourth-order valence-electron chi connectivity index (χ4n) is 3.42. The van der Waals surface area contributed by atoms with Crippen molar-refractivity contribution in [2.24, 2.45) is 0 Å². The summed E-state index contributed by atoms with van der Waals surface area (Å²) >= 11 is 9.50. The second-order valence-electron chi connectivity index (χ2n) is 6.79. The number of furan rings is 1. The van der Waals surface area contributed by atoms with Crippen LogP contribution >= 0.6 is 27.5 Å². The van der Waals surface area contributed by atoms with Gasteiger partial charge in [-0.3, -0.25) is 4.79 Å². The van der Waals surface area contributed by atoms with Crippen molar-refractivity contribution in [1.82, 2.24) is 9.78 Å². The molecule has 30 heavy (non-hydrogen) atoms. The second kappa shape index (κ2) is 7.59. The van der Waals surface area contributed by atoms with Gasteiger partial charge in [0.1, 0.15) is 5.58 Å². The highest BCUT2D eigenvalue weighted by Gasteiger charge is 2.24. The van der Waals surface area contributed by atoms with E-state index in [2.05, 4.69) is 21.0 Å². The Labute approximate surface area is 185 Å². The van der Waals surface area contributed by atoms with Gasteiger partial charge < -0.3 is 4.42 Å². The van der Waals surface area contributed by atoms with Crippen molar-refractivity contribution in [2.75, 3.05) is 0 Å². The van der Waals surface area contributed by atoms with E-state index in [0.29, 0.717) is 21.7 Å².